The predicted molar refractivity (Wildman–Crippen MR) is 149 cm³/mol. The van der Waals surface area contributed by atoms with Crippen LogP contribution in [-0.4, -0.2) is 9.52 Å². The Labute approximate surface area is 256 Å². The Bertz CT molecular complexity index is 1380. The van der Waals surface area contributed by atoms with Crippen LogP contribution in [0.4, 0.5) is 0 Å². The van der Waals surface area contributed by atoms with E-state index in [1.54, 1.807) is 0 Å². The van der Waals surface area contributed by atoms with Crippen molar-refractivity contribution >= 4 is 30.7 Å². The van der Waals surface area contributed by atoms with E-state index in [-0.39, 0.29) is 51.0 Å². The summed E-state index contributed by atoms with van der Waals surface area (Å²) in [4.78, 5) is 0. The minimum absolute atomic E-state index is 0. The summed E-state index contributed by atoms with van der Waals surface area (Å²) in [6.45, 7) is 6.81. The molecule has 0 unspecified atom stereocenters. The molecule has 1 aliphatic rings. The Balaban J connectivity index is 0.000000261. The van der Waals surface area contributed by atoms with E-state index in [4.69, 9.17) is 0 Å². The zero-order valence-electron chi connectivity index (χ0n) is 21.5. The van der Waals surface area contributed by atoms with Gasteiger partial charge < -0.3 is 24.8 Å². The molecule has 0 nitrogen and oxygen atoms in total. The van der Waals surface area contributed by atoms with Crippen LogP contribution >= 0.6 is 0 Å². The first-order valence-corrected chi connectivity index (χ1v) is 13.3. The number of halogens is 2. The van der Waals surface area contributed by atoms with Crippen LogP contribution in [-0.2, 0) is 39.0 Å². The summed E-state index contributed by atoms with van der Waals surface area (Å²) in [5, 5.41) is 5.61. The summed E-state index contributed by atoms with van der Waals surface area (Å²) < 4.78 is 0. The molecule has 37 heavy (non-hydrogen) atoms. The minimum Gasteiger partial charge on any atom is -1.00 e. The van der Waals surface area contributed by atoms with Crippen molar-refractivity contribution < 1.29 is 51.0 Å². The molecule has 2 radical (unpaired) electrons. The molecule has 1 aliphatic heterocycles. The molecule has 0 saturated heterocycles. The van der Waals surface area contributed by atoms with Crippen LogP contribution in [0.2, 0.25) is 0 Å². The van der Waals surface area contributed by atoms with E-state index < -0.39 is 0 Å². The second kappa shape index (κ2) is 14.4. The Kier molecular flexibility index (Phi) is 12.2. The van der Waals surface area contributed by atoms with Crippen LogP contribution in [0.1, 0.15) is 31.9 Å². The average molecular weight is 617 g/mol. The summed E-state index contributed by atoms with van der Waals surface area (Å²) in [5.41, 5.74) is 8.43. The van der Waals surface area contributed by atoms with Crippen molar-refractivity contribution in [3.63, 3.8) is 0 Å². The maximum atomic E-state index is 3.31. The second-order valence-electron chi connectivity index (χ2n) is 9.41. The van der Waals surface area contributed by atoms with E-state index in [0.717, 1.165) is 22.4 Å². The Hall–Kier alpha value is -1.83. The van der Waals surface area contributed by atoms with Crippen molar-refractivity contribution in [3.05, 3.63) is 114 Å². The molecule has 1 heterocycles. The van der Waals surface area contributed by atoms with Gasteiger partial charge >= 0.3 is 26.2 Å². The third-order valence-corrected chi connectivity index (χ3v) is 7.83. The third-order valence-electron chi connectivity index (χ3n) is 6.46. The Morgan fingerprint density at radius 3 is 2.27 bits per heavy atom. The van der Waals surface area contributed by atoms with E-state index >= 15 is 0 Å². The monoisotopic (exact) mass is 614 g/mol. The van der Waals surface area contributed by atoms with Crippen LogP contribution in [0.3, 0.4) is 0 Å². The van der Waals surface area contributed by atoms with Gasteiger partial charge in [0.05, 0.1) is 9.52 Å². The Morgan fingerprint density at radius 1 is 0.838 bits per heavy atom. The van der Waals surface area contributed by atoms with Gasteiger partial charge in [-0.3, -0.25) is 0 Å². The zero-order chi connectivity index (χ0) is 23.5. The molecule has 0 amide bonds. The summed E-state index contributed by atoms with van der Waals surface area (Å²) in [7, 11) is 0.795. The fourth-order valence-electron chi connectivity index (χ4n) is 4.94. The summed E-state index contributed by atoms with van der Waals surface area (Å²) in [6, 6.07) is 38.3. The average Bonchev–Trinajstić information content (AvgIpc) is 3.44. The van der Waals surface area contributed by atoms with Gasteiger partial charge in [-0.05, 0) is 24.3 Å². The van der Waals surface area contributed by atoms with Crippen molar-refractivity contribution in [1.82, 2.24) is 0 Å². The smallest absolute Gasteiger partial charge is 1.00 e. The van der Waals surface area contributed by atoms with Crippen LogP contribution in [0.25, 0.3) is 33.0 Å². The molecule has 0 spiro atoms. The fourth-order valence-corrected chi connectivity index (χ4v) is 6.25. The molecule has 0 bridgehead atoms. The van der Waals surface area contributed by atoms with Crippen LogP contribution in [0.5, 0.6) is 0 Å². The second-order valence-corrected chi connectivity index (χ2v) is 10.7. The molecule has 4 heteroatoms. The summed E-state index contributed by atoms with van der Waals surface area (Å²) in [6.07, 6.45) is 2.23. The molecule has 0 atom stereocenters. The number of rotatable bonds is 4. The van der Waals surface area contributed by atoms with Gasteiger partial charge in [-0.2, -0.15) is 35.5 Å². The number of hydrogen-bond donors (Lipinski definition) is 0. The first-order chi connectivity index (χ1) is 16.6. The predicted octanol–water partition coefficient (Wildman–Crippen LogP) is 1.11. The van der Waals surface area contributed by atoms with E-state index in [0.29, 0.717) is 5.92 Å². The van der Waals surface area contributed by atoms with E-state index in [1.165, 1.54) is 54.5 Å². The quantitative estimate of drug-likeness (QED) is 0.206. The van der Waals surface area contributed by atoms with Gasteiger partial charge in [0.1, 0.15) is 0 Å². The maximum absolute atomic E-state index is 3.31. The molecule has 6 rings (SSSR count). The SMILES string of the molecule is CCc1ccc2[cH-]c(CC(C)C)cc2c1-c1ccccc1.[Cl-].[Cl-].[Zr+4].[c-]1cccc2c1[Si]c1ccccc1-2. The first-order valence-electron chi connectivity index (χ1n) is 12.3. The largest absolute Gasteiger partial charge is 4.00 e. The number of fused-ring (bicyclic) bond motifs is 4. The van der Waals surface area contributed by atoms with Crippen molar-refractivity contribution in [1.29, 1.82) is 0 Å². The number of hydrogen-bond acceptors (Lipinski definition) is 0. The van der Waals surface area contributed by atoms with Gasteiger partial charge in [-0.1, -0.05) is 97.2 Å². The Morgan fingerprint density at radius 2 is 1.54 bits per heavy atom. The summed E-state index contributed by atoms with van der Waals surface area (Å²) in [5.74, 6) is 0.702. The molecule has 0 aliphatic carbocycles. The fraction of sp³-hybridized carbons (Fsp3) is 0.182. The third kappa shape index (κ3) is 6.98. The molecule has 0 fully saturated rings. The van der Waals surface area contributed by atoms with Gasteiger partial charge in [-0.15, -0.1) is 40.1 Å². The van der Waals surface area contributed by atoms with Gasteiger partial charge in [0.15, 0.2) is 0 Å². The minimum atomic E-state index is 0. The number of aryl methyl sites for hydroxylation is 1. The van der Waals surface area contributed by atoms with Crippen molar-refractivity contribution in [2.24, 2.45) is 5.92 Å². The van der Waals surface area contributed by atoms with E-state index in [1.807, 2.05) is 6.07 Å². The molecule has 184 valence electrons. The molecular formula is C33H30Cl2SiZr. The molecule has 0 N–H and O–H groups in total. The van der Waals surface area contributed by atoms with Crippen molar-refractivity contribution in [3.8, 4) is 22.3 Å². The topological polar surface area (TPSA) is 0 Å². The van der Waals surface area contributed by atoms with Gasteiger partial charge in [0.2, 0.25) is 0 Å². The molecule has 0 saturated carbocycles. The molecule has 5 aromatic rings. The van der Waals surface area contributed by atoms with Crippen molar-refractivity contribution in [2.75, 3.05) is 0 Å². The van der Waals surface area contributed by atoms with Crippen LogP contribution in [0, 0.1) is 12.0 Å². The maximum Gasteiger partial charge on any atom is 4.00 e. The van der Waals surface area contributed by atoms with E-state index in [9.17, 15) is 0 Å². The van der Waals surface area contributed by atoms with Gasteiger partial charge in [0, 0.05) is 0 Å². The number of benzene rings is 4. The molecular weight excluding hydrogens is 587 g/mol. The van der Waals surface area contributed by atoms with Crippen LogP contribution < -0.4 is 35.2 Å². The first kappa shape index (κ1) is 31.4. The molecule has 0 aromatic heterocycles. The van der Waals surface area contributed by atoms with Crippen LogP contribution in [0.15, 0.2) is 97.1 Å². The summed E-state index contributed by atoms with van der Waals surface area (Å²) >= 11 is 0. The normalized spacial score (nSPS) is 10.8. The standard InChI is InChI=1S/C21H23.C12H7Si.2ClH.Zr/c1-4-17-10-11-19-13-16(12-15(2)3)14-20(19)21(17)18-8-6-5-7-9-18;1-3-7-11-9(5-1)10-6-2-4-8-12(10)13-11;;;/h5-11,13-15H,4,12H2,1-3H3;1-7H;2*1H;/q2*-1;;;+4/p-2. The molecule has 5 aromatic carbocycles. The van der Waals surface area contributed by atoms with Crippen molar-refractivity contribution in [2.45, 2.75) is 33.6 Å². The van der Waals surface area contributed by atoms with E-state index in [2.05, 4.69) is 118 Å². The zero-order valence-corrected chi connectivity index (χ0v) is 26.5. The van der Waals surface area contributed by atoms with Gasteiger partial charge in [-0.25, -0.2) is 0 Å². The van der Waals surface area contributed by atoms with Gasteiger partial charge in [0.25, 0.3) is 0 Å².